The average molecular weight is 333 g/mol. The smallest absolute Gasteiger partial charge is 0.227 e. The van der Waals surface area contributed by atoms with Crippen LogP contribution in [0.15, 0.2) is 24.3 Å². The molecular formula is C15H22Cl2N2O2. The van der Waals surface area contributed by atoms with E-state index in [2.05, 4.69) is 0 Å². The molecule has 0 radical (unpaired) electrons. The highest BCUT2D eigenvalue weighted by Gasteiger charge is 2.31. The molecule has 2 N–H and O–H groups in total. The largest absolute Gasteiger partial charge is 0.490 e. The van der Waals surface area contributed by atoms with Crippen molar-refractivity contribution in [3.05, 3.63) is 29.3 Å². The molecule has 1 saturated carbocycles. The van der Waals surface area contributed by atoms with Crippen LogP contribution in [0.5, 0.6) is 5.75 Å². The molecule has 118 valence electrons. The van der Waals surface area contributed by atoms with E-state index in [0.29, 0.717) is 23.9 Å². The van der Waals surface area contributed by atoms with Crippen LogP contribution in [0, 0.1) is 5.92 Å². The number of likely N-dealkylation sites (N-methyl/N-ethyl adjacent to an activating group) is 1. The molecule has 21 heavy (non-hydrogen) atoms. The van der Waals surface area contributed by atoms with E-state index in [0.717, 1.165) is 19.3 Å². The minimum Gasteiger partial charge on any atom is -0.490 e. The van der Waals surface area contributed by atoms with Crippen LogP contribution in [0.3, 0.4) is 0 Å². The lowest BCUT2D eigenvalue weighted by Crippen LogP contribution is -2.41. The number of benzene rings is 1. The van der Waals surface area contributed by atoms with Crippen molar-refractivity contribution in [1.82, 2.24) is 4.90 Å². The fourth-order valence-electron chi connectivity index (χ4n) is 2.54. The summed E-state index contributed by atoms with van der Waals surface area (Å²) < 4.78 is 5.59. The predicted molar refractivity (Wildman–Crippen MR) is 87.1 cm³/mol. The number of carbonyl (C=O) groups is 1. The van der Waals surface area contributed by atoms with E-state index in [1.54, 1.807) is 18.0 Å². The Kier molecular flexibility index (Phi) is 7.29. The standard InChI is InChI=1S/C15H21ClN2O2.ClH/c1-18(15(19)11-5-4-7-13(11)17)9-10-20-14-8-3-2-6-12(14)16;/h2-3,6,8,11,13H,4-5,7,9-10,17H2,1H3;1H. The highest BCUT2D eigenvalue weighted by Crippen LogP contribution is 2.26. The molecule has 2 atom stereocenters. The minimum absolute atomic E-state index is 0. The Labute approximate surface area is 137 Å². The lowest BCUT2D eigenvalue weighted by Gasteiger charge is -2.23. The molecule has 0 saturated heterocycles. The van der Waals surface area contributed by atoms with E-state index >= 15 is 0 Å². The highest BCUT2D eigenvalue weighted by molar-refractivity contribution is 6.32. The predicted octanol–water partition coefficient (Wildman–Crippen LogP) is 2.73. The number of ether oxygens (including phenoxy) is 1. The molecule has 0 aliphatic heterocycles. The fraction of sp³-hybridized carbons (Fsp3) is 0.533. The maximum atomic E-state index is 12.2. The third-order valence-electron chi connectivity index (χ3n) is 3.78. The fourth-order valence-corrected chi connectivity index (χ4v) is 2.73. The average Bonchev–Trinajstić information content (AvgIpc) is 2.86. The zero-order valence-corrected chi connectivity index (χ0v) is 13.7. The normalized spacial score (nSPS) is 20.7. The van der Waals surface area contributed by atoms with Gasteiger partial charge in [-0.15, -0.1) is 12.4 Å². The van der Waals surface area contributed by atoms with Crippen LogP contribution in [0.2, 0.25) is 5.02 Å². The van der Waals surface area contributed by atoms with Gasteiger partial charge in [-0.05, 0) is 25.0 Å². The topological polar surface area (TPSA) is 55.6 Å². The van der Waals surface area contributed by atoms with Crippen molar-refractivity contribution in [3.63, 3.8) is 0 Å². The maximum absolute atomic E-state index is 12.2. The maximum Gasteiger partial charge on any atom is 0.227 e. The van der Waals surface area contributed by atoms with Crippen molar-refractivity contribution in [3.8, 4) is 5.75 Å². The van der Waals surface area contributed by atoms with Gasteiger partial charge in [0.05, 0.1) is 17.5 Å². The van der Waals surface area contributed by atoms with Gasteiger partial charge in [-0.2, -0.15) is 0 Å². The molecule has 1 aliphatic carbocycles. The number of amides is 1. The Hall–Kier alpha value is -0.970. The summed E-state index contributed by atoms with van der Waals surface area (Å²) in [6, 6.07) is 7.33. The number of nitrogens with two attached hydrogens (primary N) is 1. The molecule has 1 aromatic rings. The number of halogens is 2. The first-order chi connectivity index (χ1) is 9.59. The van der Waals surface area contributed by atoms with Gasteiger partial charge in [0.2, 0.25) is 5.91 Å². The highest BCUT2D eigenvalue weighted by atomic mass is 35.5. The molecule has 1 aromatic carbocycles. The summed E-state index contributed by atoms with van der Waals surface area (Å²) in [5, 5.41) is 0.583. The number of hydrogen-bond acceptors (Lipinski definition) is 3. The Balaban J connectivity index is 0.00000220. The van der Waals surface area contributed by atoms with Gasteiger partial charge < -0.3 is 15.4 Å². The van der Waals surface area contributed by atoms with Gasteiger partial charge in [0.1, 0.15) is 12.4 Å². The molecule has 0 spiro atoms. The van der Waals surface area contributed by atoms with Crippen molar-refractivity contribution in [2.45, 2.75) is 25.3 Å². The molecule has 2 rings (SSSR count). The van der Waals surface area contributed by atoms with E-state index in [1.165, 1.54) is 0 Å². The quantitative estimate of drug-likeness (QED) is 0.901. The first-order valence-corrected chi connectivity index (χ1v) is 7.35. The lowest BCUT2D eigenvalue weighted by atomic mass is 10.0. The van der Waals surface area contributed by atoms with E-state index in [-0.39, 0.29) is 30.3 Å². The van der Waals surface area contributed by atoms with Crippen molar-refractivity contribution < 1.29 is 9.53 Å². The summed E-state index contributed by atoms with van der Waals surface area (Å²) in [5.41, 5.74) is 5.96. The summed E-state index contributed by atoms with van der Waals surface area (Å²) in [5.74, 6) is 0.741. The Morgan fingerprint density at radius 1 is 1.43 bits per heavy atom. The summed E-state index contributed by atoms with van der Waals surface area (Å²) in [6.07, 6.45) is 2.89. The zero-order valence-electron chi connectivity index (χ0n) is 12.1. The minimum atomic E-state index is -0.0275. The molecule has 0 aromatic heterocycles. The van der Waals surface area contributed by atoms with Gasteiger partial charge in [0, 0.05) is 13.1 Å². The number of nitrogens with zero attached hydrogens (tertiary/aromatic N) is 1. The third kappa shape index (κ3) is 4.77. The van der Waals surface area contributed by atoms with Gasteiger partial charge in [-0.25, -0.2) is 0 Å². The van der Waals surface area contributed by atoms with E-state index in [1.807, 2.05) is 18.2 Å². The van der Waals surface area contributed by atoms with Gasteiger partial charge in [0.15, 0.2) is 0 Å². The number of hydrogen-bond donors (Lipinski definition) is 1. The molecule has 0 heterocycles. The molecule has 6 heteroatoms. The molecule has 2 unspecified atom stereocenters. The van der Waals surface area contributed by atoms with Gasteiger partial charge >= 0.3 is 0 Å². The Bertz CT molecular complexity index is 471. The van der Waals surface area contributed by atoms with Gasteiger partial charge in [-0.1, -0.05) is 30.2 Å². The number of para-hydroxylation sites is 1. The summed E-state index contributed by atoms with van der Waals surface area (Å²) in [4.78, 5) is 13.9. The molecule has 0 bridgehead atoms. The second-order valence-electron chi connectivity index (χ2n) is 5.24. The third-order valence-corrected chi connectivity index (χ3v) is 4.10. The van der Waals surface area contributed by atoms with Crippen molar-refractivity contribution in [1.29, 1.82) is 0 Å². The first-order valence-electron chi connectivity index (χ1n) is 6.97. The molecule has 1 amide bonds. The second kappa shape index (κ2) is 8.47. The zero-order chi connectivity index (χ0) is 14.5. The van der Waals surface area contributed by atoms with Crippen LogP contribution in [-0.4, -0.2) is 37.0 Å². The van der Waals surface area contributed by atoms with Crippen LogP contribution < -0.4 is 10.5 Å². The van der Waals surface area contributed by atoms with E-state index in [4.69, 9.17) is 22.1 Å². The van der Waals surface area contributed by atoms with Crippen molar-refractivity contribution in [2.75, 3.05) is 20.2 Å². The molecule has 1 aliphatic rings. The molecule has 1 fully saturated rings. The van der Waals surface area contributed by atoms with Gasteiger partial charge in [0.25, 0.3) is 0 Å². The molecule has 4 nitrogen and oxygen atoms in total. The lowest BCUT2D eigenvalue weighted by molar-refractivity contribution is -0.134. The molecular weight excluding hydrogens is 311 g/mol. The van der Waals surface area contributed by atoms with E-state index in [9.17, 15) is 4.79 Å². The Morgan fingerprint density at radius 3 is 2.76 bits per heavy atom. The van der Waals surface area contributed by atoms with Crippen LogP contribution >= 0.6 is 24.0 Å². The van der Waals surface area contributed by atoms with Crippen LogP contribution in [-0.2, 0) is 4.79 Å². The summed E-state index contributed by atoms with van der Waals surface area (Å²) >= 11 is 6.00. The number of rotatable bonds is 5. The van der Waals surface area contributed by atoms with Crippen LogP contribution in [0.25, 0.3) is 0 Å². The van der Waals surface area contributed by atoms with Crippen LogP contribution in [0.1, 0.15) is 19.3 Å². The van der Waals surface area contributed by atoms with Gasteiger partial charge in [-0.3, -0.25) is 4.79 Å². The van der Waals surface area contributed by atoms with Crippen molar-refractivity contribution >= 4 is 29.9 Å². The van der Waals surface area contributed by atoms with E-state index < -0.39 is 0 Å². The Morgan fingerprint density at radius 2 is 2.14 bits per heavy atom. The first kappa shape index (κ1) is 18.1. The van der Waals surface area contributed by atoms with Crippen molar-refractivity contribution in [2.24, 2.45) is 11.7 Å². The number of carbonyl (C=O) groups excluding carboxylic acids is 1. The van der Waals surface area contributed by atoms with Crippen LogP contribution in [0.4, 0.5) is 0 Å². The second-order valence-corrected chi connectivity index (χ2v) is 5.65. The summed E-state index contributed by atoms with van der Waals surface area (Å²) in [6.45, 7) is 0.960. The monoisotopic (exact) mass is 332 g/mol. The summed E-state index contributed by atoms with van der Waals surface area (Å²) in [7, 11) is 1.79. The SMILES string of the molecule is CN(CCOc1ccccc1Cl)C(=O)C1CCCC1N.Cl.